The Morgan fingerprint density at radius 3 is 2.56 bits per heavy atom. The molecule has 1 aromatic carbocycles. The molecule has 1 aliphatic rings. The predicted octanol–water partition coefficient (Wildman–Crippen LogP) is 3.69. The van der Waals surface area contributed by atoms with Gasteiger partial charge in [0.2, 0.25) is 0 Å². The molecule has 0 bridgehead atoms. The number of carbonyl (C=O) groups excluding carboxylic acids is 1. The van der Waals surface area contributed by atoms with Crippen molar-refractivity contribution >= 4 is 28.9 Å². The summed E-state index contributed by atoms with van der Waals surface area (Å²) in [6.07, 6.45) is 5.02. The van der Waals surface area contributed by atoms with Crippen LogP contribution in [0.2, 0.25) is 0 Å². The number of hydrogen-bond acceptors (Lipinski definition) is 7. The van der Waals surface area contributed by atoms with Crippen LogP contribution in [0.3, 0.4) is 0 Å². The van der Waals surface area contributed by atoms with Gasteiger partial charge in [0, 0.05) is 24.3 Å². The van der Waals surface area contributed by atoms with Crippen LogP contribution in [0.25, 0.3) is 11.3 Å². The van der Waals surface area contributed by atoms with Crippen molar-refractivity contribution in [2.75, 3.05) is 34.4 Å². The van der Waals surface area contributed by atoms with Crippen molar-refractivity contribution in [1.82, 2.24) is 15.0 Å². The van der Waals surface area contributed by atoms with Gasteiger partial charge >= 0.3 is 6.03 Å². The van der Waals surface area contributed by atoms with Crippen LogP contribution in [0.5, 0.6) is 0 Å². The third-order valence-electron chi connectivity index (χ3n) is 5.13. The van der Waals surface area contributed by atoms with Crippen LogP contribution in [0.1, 0.15) is 19.5 Å². The third-order valence-corrected chi connectivity index (χ3v) is 5.13. The summed E-state index contributed by atoms with van der Waals surface area (Å²) in [7, 11) is 0. The molecular weight excluding hydrogens is 406 g/mol. The summed E-state index contributed by atoms with van der Waals surface area (Å²) in [5.41, 5.74) is 10.9. The largest absolute Gasteiger partial charge is 0.397 e. The van der Waals surface area contributed by atoms with E-state index >= 15 is 0 Å². The van der Waals surface area contributed by atoms with E-state index in [2.05, 4.69) is 44.3 Å². The number of pyridine rings is 1. The van der Waals surface area contributed by atoms with Gasteiger partial charge < -0.3 is 20.7 Å². The molecule has 2 atom stereocenters. The Morgan fingerprint density at radius 2 is 1.88 bits per heavy atom. The van der Waals surface area contributed by atoms with Crippen molar-refractivity contribution in [2.24, 2.45) is 0 Å². The summed E-state index contributed by atoms with van der Waals surface area (Å²) in [6.45, 7) is 7.59. The molecule has 2 aromatic heterocycles. The molecule has 0 radical (unpaired) electrons. The second kappa shape index (κ2) is 9.19. The molecule has 3 aromatic rings. The maximum Gasteiger partial charge on any atom is 0.324 e. The highest BCUT2D eigenvalue weighted by molar-refractivity contribution is 5.99. The summed E-state index contributed by atoms with van der Waals surface area (Å²) in [5.74, 6) is 0.332. The molecule has 32 heavy (non-hydrogen) atoms. The smallest absolute Gasteiger partial charge is 0.324 e. The number of anilines is 4. The van der Waals surface area contributed by atoms with Crippen molar-refractivity contribution < 1.29 is 9.53 Å². The van der Waals surface area contributed by atoms with E-state index in [0.29, 0.717) is 22.9 Å². The topological polar surface area (TPSA) is 118 Å². The van der Waals surface area contributed by atoms with E-state index in [4.69, 9.17) is 10.5 Å². The van der Waals surface area contributed by atoms with Gasteiger partial charge in [-0.2, -0.15) is 0 Å². The Kier molecular flexibility index (Phi) is 6.18. The number of hydrogen-bond donors (Lipinski definition) is 3. The molecular formula is C23H27N7O2. The number of nitrogen functional groups attached to an aromatic ring is 1. The zero-order valence-electron chi connectivity index (χ0n) is 18.4. The van der Waals surface area contributed by atoms with E-state index in [1.54, 1.807) is 18.5 Å². The monoisotopic (exact) mass is 433 g/mol. The number of morpholine rings is 1. The normalized spacial score (nSPS) is 18.3. The van der Waals surface area contributed by atoms with E-state index in [0.717, 1.165) is 30.0 Å². The molecule has 4 N–H and O–H groups in total. The quantitative estimate of drug-likeness (QED) is 0.537. The number of nitrogens with two attached hydrogens (primary N) is 1. The number of nitrogens with one attached hydrogen (secondary N) is 2. The SMILES string of the molecule is Cc1ccc(NC(=O)Nc2cncc(-c3ccc(N4CC(C)OC(C)C4)c(N)c3)n2)cn1. The Bertz CT molecular complexity index is 1090. The molecule has 0 spiro atoms. The molecule has 1 aliphatic heterocycles. The van der Waals surface area contributed by atoms with Crippen molar-refractivity contribution in [3.05, 3.63) is 54.6 Å². The predicted molar refractivity (Wildman–Crippen MR) is 126 cm³/mol. The average Bonchev–Trinajstić information content (AvgIpc) is 2.75. The van der Waals surface area contributed by atoms with Crippen LogP contribution in [-0.2, 0) is 4.74 Å². The molecule has 2 unspecified atom stereocenters. The van der Waals surface area contributed by atoms with Crippen molar-refractivity contribution in [3.63, 3.8) is 0 Å². The van der Waals surface area contributed by atoms with E-state index in [1.807, 2.05) is 31.2 Å². The number of carbonyl (C=O) groups is 1. The van der Waals surface area contributed by atoms with Gasteiger partial charge in [0.1, 0.15) is 0 Å². The van der Waals surface area contributed by atoms with Crippen LogP contribution in [0, 0.1) is 6.92 Å². The van der Waals surface area contributed by atoms with Crippen molar-refractivity contribution in [3.8, 4) is 11.3 Å². The zero-order valence-corrected chi connectivity index (χ0v) is 18.4. The molecule has 166 valence electrons. The lowest BCUT2D eigenvalue weighted by molar-refractivity contribution is -0.00517. The lowest BCUT2D eigenvalue weighted by Crippen LogP contribution is -2.45. The highest BCUT2D eigenvalue weighted by Crippen LogP contribution is 2.30. The second-order valence-corrected chi connectivity index (χ2v) is 7.99. The first kappa shape index (κ1) is 21.5. The number of amides is 2. The highest BCUT2D eigenvalue weighted by Gasteiger charge is 2.23. The van der Waals surface area contributed by atoms with Gasteiger partial charge in [-0.15, -0.1) is 0 Å². The Labute approximate surface area is 187 Å². The van der Waals surface area contributed by atoms with E-state index in [-0.39, 0.29) is 12.2 Å². The number of urea groups is 1. The number of aromatic nitrogens is 3. The van der Waals surface area contributed by atoms with Crippen LogP contribution in [-0.4, -0.2) is 46.3 Å². The minimum Gasteiger partial charge on any atom is -0.397 e. The number of nitrogens with zero attached hydrogens (tertiary/aromatic N) is 4. The fraction of sp³-hybridized carbons (Fsp3) is 0.304. The first-order valence-electron chi connectivity index (χ1n) is 10.5. The maximum atomic E-state index is 12.3. The van der Waals surface area contributed by atoms with E-state index in [9.17, 15) is 4.79 Å². The summed E-state index contributed by atoms with van der Waals surface area (Å²) >= 11 is 0. The zero-order chi connectivity index (χ0) is 22.7. The minimum absolute atomic E-state index is 0.147. The van der Waals surface area contributed by atoms with Crippen LogP contribution in [0.4, 0.5) is 27.7 Å². The minimum atomic E-state index is -0.424. The Balaban J connectivity index is 1.47. The lowest BCUT2D eigenvalue weighted by Gasteiger charge is -2.37. The molecule has 0 aliphatic carbocycles. The summed E-state index contributed by atoms with van der Waals surface area (Å²) < 4.78 is 5.81. The lowest BCUT2D eigenvalue weighted by atomic mass is 10.1. The van der Waals surface area contributed by atoms with Crippen molar-refractivity contribution in [1.29, 1.82) is 0 Å². The first-order chi connectivity index (χ1) is 15.4. The maximum absolute atomic E-state index is 12.3. The van der Waals surface area contributed by atoms with Crippen LogP contribution >= 0.6 is 0 Å². The van der Waals surface area contributed by atoms with Gasteiger partial charge in [-0.05, 0) is 45.0 Å². The van der Waals surface area contributed by atoms with Gasteiger partial charge in [0.25, 0.3) is 0 Å². The number of aryl methyl sites for hydroxylation is 1. The standard InChI is InChI=1S/C23H27N7O2/c1-14-4-6-18(9-26-14)27-23(31)29-22-11-25-10-20(28-22)17-5-7-21(19(24)8-17)30-12-15(2)32-16(3)13-30/h4-11,15-16H,12-13,24H2,1-3H3,(H2,27,28,29,31). The van der Waals surface area contributed by atoms with Gasteiger partial charge in [0.05, 0.1) is 53.6 Å². The molecule has 4 rings (SSSR count). The number of ether oxygens (including phenoxy) is 1. The second-order valence-electron chi connectivity index (χ2n) is 7.99. The number of benzene rings is 1. The fourth-order valence-electron chi connectivity index (χ4n) is 3.76. The van der Waals surface area contributed by atoms with Crippen molar-refractivity contribution in [2.45, 2.75) is 33.0 Å². The Morgan fingerprint density at radius 1 is 1.09 bits per heavy atom. The van der Waals surface area contributed by atoms with Gasteiger partial charge in [0.15, 0.2) is 5.82 Å². The van der Waals surface area contributed by atoms with E-state index in [1.165, 1.54) is 6.20 Å². The summed E-state index contributed by atoms with van der Waals surface area (Å²) in [4.78, 5) is 27.4. The van der Waals surface area contributed by atoms with E-state index < -0.39 is 6.03 Å². The van der Waals surface area contributed by atoms with Gasteiger partial charge in [-0.3, -0.25) is 15.3 Å². The van der Waals surface area contributed by atoms with Crippen LogP contribution in [0.15, 0.2) is 48.9 Å². The first-order valence-corrected chi connectivity index (χ1v) is 10.5. The van der Waals surface area contributed by atoms with Crippen LogP contribution < -0.4 is 21.3 Å². The highest BCUT2D eigenvalue weighted by atomic mass is 16.5. The summed E-state index contributed by atoms with van der Waals surface area (Å²) in [5, 5.41) is 5.42. The molecule has 1 saturated heterocycles. The fourth-order valence-corrected chi connectivity index (χ4v) is 3.76. The molecule has 9 heteroatoms. The van der Waals surface area contributed by atoms with Gasteiger partial charge in [-0.25, -0.2) is 9.78 Å². The third kappa shape index (κ3) is 5.12. The Hall–Kier alpha value is -3.72. The molecule has 2 amide bonds. The van der Waals surface area contributed by atoms with Gasteiger partial charge in [-0.1, -0.05) is 6.07 Å². The molecule has 9 nitrogen and oxygen atoms in total. The molecule has 1 fully saturated rings. The molecule has 0 saturated carbocycles. The number of rotatable bonds is 4. The average molecular weight is 434 g/mol. The summed E-state index contributed by atoms with van der Waals surface area (Å²) in [6, 6.07) is 9.02. The molecule has 3 heterocycles.